The summed E-state index contributed by atoms with van der Waals surface area (Å²) in [6, 6.07) is 19.7. The van der Waals surface area contributed by atoms with Gasteiger partial charge in [-0.1, -0.05) is 97.7 Å². The first-order chi connectivity index (χ1) is 13.2. The lowest BCUT2D eigenvalue weighted by molar-refractivity contribution is 0.431. The number of halogens is 2. The molecule has 0 aliphatic heterocycles. The Morgan fingerprint density at radius 2 is 0.897 bits per heavy atom. The van der Waals surface area contributed by atoms with E-state index in [2.05, 4.69) is 135 Å². The zero-order valence-corrected chi connectivity index (χ0v) is 24.4. The number of benzene rings is 2. The Balaban J connectivity index is 2.42. The Bertz CT molecular complexity index is 737. The van der Waals surface area contributed by atoms with Crippen molar-refractivity contribution in [3.8, 4) is 0 Å². The van der Waals surface area contributed by atoms with E-state index in [4.69, 9.17) is 4.12 Å². The van der Waals surface area contributed by atoms with Crippen LogP contribution in [-0.4, -0.2) is 16.6 Å². The van der Waals surface area contributed by atoms with Gasteiger partial charge in [-0.05, 0) is 70.7 Å². The molecule has 2 unspecified atom stereocenters. The third-order valence-corrected chi connectivity index (χ3v) is 19.7. The normalized spacial score (nSPS) is 16.9. The smallest absolute Gasteiger partial charge is 0.186 e. The molecule has 29 heavy (non-hydrogen) atoms. The average Bonchev–Trinajstić information content (AvgIpc) is 2.57. The lowest BCUT2D eigenvalue weighted by atomic mass is 10.2. The summed E-state index contributed by atoms with van der Waals surface area (Å²) in [6.45, 7) is 19.1. The maximum atomic E-state index is 7.48. The minimum absolute atomic E-state index is 0.152. The second-order valence-corrected chi connectivity index (χ2v) is 21.9. The van der Waals surface area contributed by atoms with Gasteiger partial charge in [-0.3, -0.25) is 0 Å². The molecule has 160 valence electrons. The molecule has 0 aliphatic rings. The molecule has 2 aromatic carbocycles. The van der Waals surface area contributed by atoms with E-state index in [0.717, 1.165) is 21.0 Å². The van der Waals surface area contributed by atoms with Crippen LogP contribution in [0.3, 0.4) is 0 Å². The highest BCUT2D eigenvalue weighted by Crippen LogP contribution is 2.47. The molecule has 0 aromatic heterocycles. The van der Waals surface area contributed by atoms with E-state index in [1.165, 1.54) is 11.1 Å². The quantitative estimate of drug-likeness (QED) is 0.323. The first kappa shape index (κ1) is 25.1. The van der Waals surface area contributed by atoms with Crippen molar-refractivity contribution in [2.75, 3.05) is 0 Å². The molecular weight excluding hydrogens is 520 g/mol. The predicted octanol–water partition coefficient (Wildman–Crippen LogP) is 8.84. The van der Waals surface area contributed by atoms with Gasteiger partial charge in [0.15, 0.2) is 16.6 Å². The minimum Gasteiger partial charge on any atom is -0.454 e. The summed E-state index contributed by atoms with van der Waals surface area (Å²) in [7, 11) is -4.16. The van der Waals surface area contributed by atoms with Crippen LogP contribution in [0.15, 0.2) is 57.5 Å². The summed E-state index contributed by atoms with van der Waals surface area (Å²) in [5.41, 5.74) is 2.76. The molecule has 0 bridgehead atoms. The summed E-state index contributed by atoms with van der Waals surface area (Å²) in [5.74, 6) is 0. The first-order valence-electron chi connectivity index (χ1n) is 10.3. The van der Waals surface area contributed by atoms with Gasteiger partial charge in [0.25, 0.3) is 0 Å². The van der Waals surface area contributed by atoms with Gasteiger partial charge in [0.1, 0.15) is 0 Å². The fraction of sp³-hybridized carbons (Fsp3) is 0.500. The Kier molecular flexibility index (Phi) is 7.87. The Morgan fingerprint density at radius 1 is 0.621 bits per heavy atom. The lowest BCUT2D eigenvalue weighted by Crippen LogP contribution is -2.59. The molecule has 0 fully saturated rings. The van der Waals surface area contributed by atoms with E-state index >= 15 is 0 Å². The molecular formula is C24H36Br2OSi2. The third-order valence-electron chi connectivity index (χ3n) is 6.53. The molecule has 2 rings (SSSR count). The van der Waals surface area contributed by atoms with Crippen LogP contribution in [0.2, 0.25) is 23.2 Å². The van der Waals surface area contributed by atoms with Crippen molar-refractivity contribution in [1.82, 2.24) is 0 Å². The highest BCUT2D eigenvalue weighted by molar-refractivity contribution is 9.10. The molecule has 0 spiro atoms. The standard InChI is InChI=1S/C24H36Br2OSi2/c1-23(2,3)28(7,17-19-9-13-21(25)14-10-19)27-29(8,24(4,5)6)18-20-11-15-22(26)16-12-20/h9-16H,17-18H2,1-8H3. The highest BCUT2D eigenvalue weighted by Gasteiger charge is 2.51. The summed E-state index contributed by atoms with van der Waals surface area (Å²) >= 11 is 7.13. The Labute approximate surface area is 197 Å². The van der Waals surface area contributed by atoms with E-state index in [0.29, 0.717) is 0 Å². The Hall–Kier alpha value is -0.206. The lowest BCUT2D eigenvalue weighted by Gasteiger charge is -2.50. The van der Waals surface area contributed by atoms with E-state index in [9.17, 15) is 0 Å². The topological polar surface area (TPSA) is 9.23 Å². The molecule has 0 N–H and O–H groups in total. The molecule has 0 heterocycles. The first-order valence-corrected chi connectivity index (χ1v) is 17.2. The summed E-state index contributed by atoms with van der Waals surface area (Å²) in [5, 5.41) is 0.304. The van der Waals surface area contributed by atoms with Crippen LogP contribution in [0, 0.1) is 0 Å². The van der Waals surface area contributed by atoms with Crippen LogP contribution < -0.4 is 0 Å². The van der Waals surface area contributed by atoms with E-state index < -0.39 is 16.6 Å². The van der Waals surface area contributed by atoms with Crippen molar-refractivity contribution in [2.24, 2.45) is 0 Å². The monoisotopic (exact) mass is 554 g/mol. The molecule has 2 aromatic rings. The fourth-order valence-electron chi connectivity index (χ4n) is 3.39. The Morgan fingerprint density at radius 3 is 1.14 bits per heavy atom. The van der Waals surface area contributed by atoms with Gasteiger partial charge in [-0.15, -0.1) is 0 Å². The van der Waals surface area contributed by atoms with Crippen molar-refractivity contribution in [3.05, 3.63) is 68.6 Å². The van der Waals surface area contributed by atoms with Gasteiger partial charge in [-0.2, -0.15) is 0 Å². The molecule has 0 aliphatic carbocycles. The number of hydrogen-bond donors (Lipinski definition) is 0. The molecule has 0 amide bonds. The van der Waals surface area contributed by atoms with Crippen LogP contribution in [-0.2, 0) is 16.2 Å². The summed E-state index contributed by atoms with van der Waals surface area (Å²) < 4.78 is 9.74. The molecule has 1 nitrogen and oxygen atoms in total. The van der Waals surface area contributed by atoms with Crippen molar-refractivity contribution in [3.63, 3.8) is 0 Å². The molecule has 0 saturated heterocycles. The molecule has 2 atom stereocenters. The van der Waals surface area contributed by atoms with E-state index in [1.807, 2.05) is 0 Å². The SMILES string of the molecule is CC(C)(C)[Si](C)(Cc1ccc(Br)cc1)O[Si](C)(Cc1ccc(Br)cc1)C(C)(C)C. The largest absolute Gasteiger partial charge is 0.454 e. The summed E-state index contributed by atoms with van der Waals surface area (Å²) in [4.78, 5) is 0. The fourth-order valence-corrected chi connectivity index (χ4v) is 14.0. The minimum atomic E-state index is -2.08. The predicted molar refractivity (Wildman–Crippen MR) is 139 cm³/mol. The van der Waals surface area contributed by atoms with Gasteiger partial charge >= 0.3 is 0 Å². The van der Waals surface area contributed by atoms with Gasteiger partial charge in [0.05, 0.1) is 0 Å². The second kappa shape index (κ2) is 9.11. The van der Waals surface area contributed by atoms with Crippen LogP contribution in [0.25, 0.3) is 0 Å². The van der Waals surface area contributed by atoms with Crippen LogP contribution in [0.1, 0.15) is 52.7 Å². The van der Waals surface area contributed by atoms with Gasteiger partial charge in [0.2, 0.25) is 0 Å². The van der Waals surface area contributed by atoms with Crippen LogP contribution >= 0.6 is 31.9 Å². The summed E-state index contributed by atoms with van der Waals surface area (Å²) in [6.07, 6.45) is 0. The van der Waals surface area contributed by atoms with Gasteiger partial charge in [0, 0.05) is 8.95 Å². The number of rotatable bonds is 6. The maximum absolute atomic E-state index is 7.48. The van der Waals surface area contributed by atoms with Gasteiger partial charge < -0.3 is 4.12 Å². The second-order valence-electron chi connectivity index (χ2n) is 10.7. The zero-order valence-electron chi connectivity index (χ0n) is 19.2. The van der Waals surface area contributed by atoms with Gasteiger partial charge in [-0.25, -0.2) is 0 Å². The molecule has 0 saturated carbocycles. The van der Waals surface area contributed by atoms with Crippen LogP contribution in [0.4, 0.5) is 0 Å². The van der Waals surface area contributed by atoms with Crippen molar-refractivity contribution >= 4 is 48.5 Å². The van der Waals surface area contributed by atoms with Crippen molar-refractivity contribution < 1.29 is 4.12 Å². The van der Waals surface area contributed by atoms with Crippen molar-refractivity contribution in [2.45, 2.75) is 76.8 Å². The zero-order chi connectivity index (χ0) is 22.1. The third kappa shape index (κ3) is 6.39. The van der Waals surface area contributed by atoms with E-state index in [1.54, 1.807) is 0 Å². The average molecular weight is 557 g/mol. The van der Waals surface area contributed by atoms with Crippen molar-refractivity contribution in [1.29, 1.82) is 0 Å². The maximum Gasteiger partial charge on any atom is 0.186 e. The number of hydrogen-bond acceptors (Lipinski definition) is 1. The van der Waals surface area contributed by atoms with Crippen LogP contribution in [0.5, 0.6) is 0 Å². The molecule has 0 radical (unpaired) electrons. The highest BCUT2D eigenvalue weighted by atomic mass is 79.9. The molecule has 5 heteroatoms. The van der Waals surface area contributed by atoms with E-state index in [-0.39, 0.29) is 10.1 Å².